The Kier molecular flexibility index (Phi) is 6.58. The molecular formula is C20H21BrFN3O2. The minimum absolute atomic E-state index is 0.0700. The molecule has 1 saturated heterocycles. The van der Waals surface area contributed by atoms with Crippen molar-refractivity contribution >= 4 is 27.7 Å². The molecular weight excluding hydrogens is 413 g/mol. The van der Waals surface area contributed by atoms with E-state index in [9.17, 15) is 14.0 Å². The van der Waals surface area contributed by atoms with Crippen LogP contribution in [0.1, 0.15) is 41.2 Å². The zero-order chi connectivity index (χ0) is 19.2. The van der Waals surface area contributed by atoms with Crippen LogP contribution in [0.25, 0.3) is 0 Å². The zero-order valence-electron chi connectivity index (χ0n) is 14.8. The van der Waals surface area contributed by atoms with E-state index in [0.717, 1.165) is 37.9 Å². The first-order valence-electron chi connectivity index (χ1n) is 8.91. The number of benzene rings is 2. The first-order chi connectivity index (χ1) is 13.1. The van der Waals surface area contributed by atoms with Crippen molar-refractivity contribution in [3.63, 3.8) is 0 Å². The summed E-state index contributed by atoms with van der Waals surface area (Å²) in [5, 5.41) is 0. The molecule has 0 saturated carbocycles. The predicted molar refractivity (Wildman–Crippen MR) is 104 cm³/mol. The van der Waals surface area contributed by atoms with Crippen LogP contribution in [0.2, 0.25) is 0 Å². The van der Waals surface area contributed by atoms with Gasteiger partial charge in [0.15, 0.2) is 0 Å². The number of rotatable bonds is 5. The van der Waals surface area contributed by atoms with Crippen molar-refractivity contribution in [2.75, 3.05) is 13.1 Å². The molecule has 1 atom stereocenters. The summed E-state index contributed by atoms with van der Waals surface area (Å²) in [7, 11) is 0. The fourth-order valence-electron chi connectivity index (χ4n) is 3.11. The topological polar surface area (TPSA) is 61.4 Å². The van der Waals surface area contributed by atoms with Gasteiger partial charge in [-0.15, -0.1) is 0 Å². The Hall–Kier alpha value is -2.25. The van der Waals surface area contributed by atoms with E-state index in [4.69, 9.17) is 0 Å². The molecule has 27 heavy (non-hydrogen) atoms. The molecule has 5 nitrogen and oxygen atoms in total. The van der Waals surface area contributed by atoms with Crippen molar-refractivity contribution < 1.29 is 14.0 Å². The largest absolute Gasteiger partial charge is 0.341 e. The third-order valence-corrected chi connectivity index (χ3v) is 5.21. The Balaban J connectivity index is 1.75. The summed E-state index contributed by atoms with van der Waals surface area (Å²) in [6, 6.07) is 12.4. The lowest BCUT2D eigenvalue weighted by Crippen LogP contribution is -2.48. The van der Waals surface area contributed by atoms with Gasteiger partial charge in [-0.05, 0) is 59.0 Å². The summed E-state index contributed by atoms with van der Waals surface area (Å²) in [5.74, 6) is -0.956. The molecule has 0 radical (unpaired) electrons. The number of carbonyl (C=O) groups is 2. The van der Waals surface area contributed by atoms with Gasteiger partial charge < -0.3 is 4.90 Å². The lowest BCUT2D eigenvalue weighted by molar-refractivity contribution is -0.134. The third-order valence-electron chi connectivity index (χ3n) is 4.55. The summed E-state index contributed by atoms with van der Waals surface area (Å²) < 4.78 is 13.6. The van der Waals surface area contributed by atoms with E-state index < -0.39 is 17.8 Å². The van der Waals surface area contributed by atoms with E-state index in [-0.39, 0.29) is 11.5 Å². The molecule has 2 amide bonds. The molecule has 3 rings (SSSR count). The Labute approximate surface area is 166 Å². The van der Waals surface area contributed by atoms with Crippen LogP contribution in [-0.2, 0) is 4.79 Å². The number of hydrogen-bond acceptors (Lipinski definition) is 3. The molecule has 7 heteroatoms. The van der Waals surface area contributed by atoms with Gasteiger partial charge in [0.1, 0.15) is 11.9 Å². The minimum Gasteiger partial charge on any atom is -0.341 e. The number of carbonyl (C=O) groups excluding carboxylic acids is 2. The van der Waals surface area contributed by atoms with E-state index in [1.54, 1.807) is 0 Å². The highest BCUT2D eigenvalue weighted by atomic mass is 79.9. The van der Waals surface area contributed by atoms with Crippen LogP contribution in [0, 0.1) is 5.82 Å². The summed E-state index contributed by atoms with van der Waals surface area (Å²) >= 11 is 3.19. The van der Waals surface area contributed by atoms with Crippen molar-refractivity contribution in [3.8, 4) is 0 Å². The van der Waals surface area contributed by atoms with Gasteiger partial charge in [-0.2, -0.15) is 0 Å². The maximum Gasteiger partial charge on any atom is 0.266 e. The lowest BCUT2D eigenvalue weighted by atomic mass is 10.0. The number of likely N-dealkylation sites (tertiary alicyclic amines) is 1. The minimum atomic E-state index is -0.688. The highest BCUT2D eigenvalue weighted by Gasteiger charge is 2.27. The van der Waals surface area contributed by atoms with Gasteiger partial charge >= 0.3 is 0 Å². The predicted octanol–water partition coefficient (Wildman–Crippen LogP) is 3.58. The van der Waals surface area contributed by atoms with Crippen molar-refractivity contribution in [2.24, 2.45) is 0 Å². The molecule has 2 aromatic carbocycles. The molecule has 0 aliphatic carbocycles. The average molecular weight is 434 g/mol. The van der Waals surface area contributed by atoms with Crippen LogP contribution in [0.3, 0.4) is 0 Å². The molecule has 1 aliphatic heterocycles. The van der Waals surface area contributed by atoms with Crippen LogP contribution >= 0.6 is 15.9 Å². The number of amides is 2. The second-order valence-electron chi connectivity index (χ2n) is 6.45. The van der Waals surface area contributed by atoms with Crippen molar-refractivity contribution in [1.29, 1.82) is 0 Å². The number of halogens is 2. The van der Waals surface area contributed by atoms with E-state index in [0.29, 0.717) is 4.47 Å². The number of nitrogens with one attached hydrogen (secondary N) is 2. The molecule has 1 heterocycles. The first kappa shape index (κ1) is 19.5. The molecule has 0 spiro atoms. The molecule has 0 aromatic heterocycles. The average Bonchev–Trinajstić information content (AvgIpc) is 2.69. The molecule has 2 N–H and O–H groups in total. The standard InChI is InChI=1S/C20H21BrFN3O2/c21-17-13-15(22)9-10-16(17)19(26)24-23-18(14-7-3-1-4-8-14)20(27)25-11-5-2-6-12-25/h1,3-4,7-10,13,18,23H,2,5-6,11-12H2,(H,24,26). The van der Waals surface area contributed by atoms with Gasteiger partial charge in [-0.1, -0.05) is 30.3 Å². The highest BCUT2D eigenvalue weighted by molar-refractivity contribution is 9.10. The second-order valence-corrected chi connectivity index (χ2v) is 7.31. The normalized spacial score (nSPS) is 15.3. The maximum atomic E-state index is 13.2. The number of piperidine rings is 1. The maximum absolute atomic E-state index is 13.2. The van der Waals surface area contributed by atoms with Crippen LogP contribution in [0.4, 0.5) is 4.39 Å². The van der Waals surface area contributed by atoms with Gasteiger partial charge in [0.2, 0.25) is 5.91 Å². The van der Waals surface area contributed by atoms with Crippen molar-refractivity contribution in [2.45, 2.75) is 25.3 Å². The fraction of sp³-hybridized carbons (Fsp3) is 0.300. The lowest BCUT2D eigenvalue weighted by Gasteiger charge is -2.31. The second kappa shape index (κ2) is 9.10. The van der Waals surface area contributed by atoms with E-state index in [2.05, 4.69) is 26.8 Å². The monoisotopic (exact) mass is 433 g/mol. The zero-order valence-corrected chi connectivity index (χ0v) is 16.3. The number of hydrogen-bond donors (Lipinski definition) is 2. The molecule has 1 fully saturated rings. The van der Waals surface area contributed by atoms with Crippen LogP contribution in [0.15, 0.2) is 53.0 Å². The van der Waals surface area contributed by atoms with Gasteiger partial charge in [-0.3, -0.25) is 15.0 Å². The molecule has 1 unspecified atom stereocenters. The van der Waals surface area contributed by atoms with Gasteiger partial charge in [0.25, 0.3) is 5.91 Å². The summed E-state index contributed by atoms with van der Waals surface area (Å²) in [6.45, 7) is 1.45. The Bertz CT molecular complexity index is 810. The van der Waals surface area contributed by atoms with Crippen LogP contribution in [-0.4, -0.2) is 29.8 Å². The summed E-state index contributed by atoms with van der Waals surface area (Å²) in [5.41, 5.74) is 6.51. The summed E-state index contributed by atoms with van der Waals surface area (Å²) in [6.07, 6.45) is 3.10. The molecule has 142 valence electrons. The molecule has 2 aromatic rings. The first-order valence-corrected chi connectivity index (χ1v) is 9.70. The highest BCUT2D eigenvalue weighted by Crippen LogP contribution is 2.20. The third kappa shape index (κ3) is 4.93. The van der Waals surface area contributed by atoms with E-state index >= 15 is 0 Å². The smallest absolute Gasteiger partial charge is 0.266 e. The Morgan fingerprint density at radius 2 is 1.74 bits per heavy atom. The van der Waals surface area contributed by atoms with Crippen LogP contribution in [0.5, 0.6) is 0 Å². The van der Waals surface area contributed by atoms with Crippen molar-refractivity contribution in [1.82, 2.24) is 15.8 Å². The molecule has 0 bridgehead atoms. The van der Waals surface area contributed by atoms with E-state index in [1.807, 2.05) is 35.2 Å². The number of nitrogens with zero attached hydrogens (tertiary/aromatic N) is 1. The summed E-state index contributed by atoms with van der Waals surface area (Å²) in [4.78, 5) is 27.3. The van der Waals surface area contributed by atoms with E-state index in [1.165, 1.54) is 18.2 Å². The SMILES string of the molecule is O=C(NNC(C(=O)N1CCCCC1)c1ccccc1)c1ccc(F)cc1Br. The van der Waals surface area contributed by atoms with Crippen LogP contribution < -0.4 is 10.9 Å². The Morgan fingerprint density at radius 1 is 1.04 bits per heavy atom. The quantitative estimate of drug-likeness (QED) is 0.708. The van der Waals surface area contributed by atoms with Gasteiger partial charge in [0, 0.05) is 17.6 Å². The van der Waals surface area contributed by atoms with Crippen molar-refractivity contribution in [3.05, 3.63) is 69.9 Å². The van der Waals surface area contributed by atoms with Gasteiger partial charge in [0.05, 0.1) is 5.56 Å². The molecule has 1 aliphatic rings. The fourth-order valence-corrected chi connectivity index (χ4v) is 3.64. The Morgan fingerprint density at radius 3 is 2.41 bits per heavy atom. The number of hydrazine groups is 1. The van der Waals surface area contributed by atoms with Gasteiger partial charge in [-0.25, -0.2) is 9.82 Å².